The third-order valence-electron chi connectivity index (χ3n) is 0.884. The van der Waals surface area contributed by atoms with E-state index in [2.05, 4.69) is 27.2 Å². The average Bonchev–Trinajstić information content (AvgIpc) is 2.56. The van der Waals surface area contributed by atoms with Crippen LogP contribution in [0, 0.1) is 0 Å². The fourth-order valence-corrected chi connectivity index (χ4v) is 0.504. The molecule has 66 valence electrons. The molecule has 0 aliphatic carbocycles. The van der Waals surface area contributed by atoms with Gasteiger partial charge in [0.25, 0.3) is 0 Å². The molecule has 5 nitrogen and oxygen atoms in total. The van der Waals surface area contributed by atoms with Gasteiger partial charge in [-0.2, -0.15) is 5.10 Å². The molecule has 0 aliphatic rings. The summed E-state index contributed by atoms with van der Waals surface area (Å²) in [6, 6.07) is 0. The first kappa shape index (κ1) is 10.5. The minimum Gasteiger partial charge on any atom is -0.160 e. The van der Waals surface area contributed by atoms with Gasteiger partial charge in [0.15, 0.2) is 5.82 Å². The molecule has 1 aromatic heterocycles. The Morgan fingerprint density at radius 2 is 2.17 bits per heavy atom. The van der Waals surface area contributed by atoms with E-state index >= 15 is 0 Å². The van der Waals surface area contributed by atoms with Crippen molar-refractivity contribution in [3.63, 3.8) is 0 Å². The van der Waals surface area contributed by atoms with Gasteiger partial charge in [-0.1, -0.05) is 20.4 Å². The molecule has 0 radical (unpaired) electrons. The summed E-state index contributed by atoms with van der Waals surface area (Å²) in [5.41, 5.74) is 0. The molecule has 0 spiro atoms. The summed E-state index contributed by atoms with van der Waals surface area (Å²) in [6.07, 6.45) is 3.14. The summed E-state index contributed by atoms with van der Waals surface area (Å²) >= 11 is 0. The van der Waals surface area contributed by atoms with Crippen LogP contribution < -0.4 is 0 Å². The zero-order chi connectivity index (χ0) is 9.40. The van der Waals surface area contributed by atoms with E-state index in [-0.39, 0.29) is 0 Å². The maximum Gasteiger partial charge on any atom is 0.199 e. The normalized spacial score (nSPS) is 9.25. The second-order valence-electron chi connectivity index (χ2n) is 1.50. The van der Waals surface area contributed by atoms with Crippen LogP contribution in [0.4, 0.5) is 0 Å². The molecule has 0 atom stereocenters. The lowest BCUT2D eigenvalue weighted by molar-refractivity contribution is 0.689. The third kappa shape index (κ3) is 2.61. The van der Waals surface area contributed by atoms with E-state index < -0.39 is 0 Å². The van der Waals surface area contributed by atoms with Gasteiger partial charge in [0.1, 0.15) is 0 Å². The number of nitrogens with zero attached hydrogens (tertiary/aromatic N) is 5. The minimum atomic E-state index is 0.540. The Morgan fingerprint density at radius 3 is 2.67 bits per heavy atom. The molecule has 0 unspecified atom stereocenters. The molecule has 1 rings (SSSR count). The van der Waals surface area contributed by atoms with Crippen LogP contribution in [0.2, 0.25) is 0 Å². The van der Waals surface area contributed by atoms with Crippen LogP contribution in [-0.2, 0) is 0 Å². The molecule has 0 amide bonds. The van der Waals surface area contributed by atoms with Crippen molar-refractivity contribution in [3.05, 3.63) is 12.4 Å². The van der Waals surface area contributed by atoms with Gasteiger partial charge in [-0.3, -0.25) is 0 Å². The molecule has 5 heteroatoms. The largest absolute Gasteiger partial charge is 0.199 e. The summed E-state index contributed by atoms with van der Waals surface area (Å²) in [7, 11) is 0. The number of tetrazole rings is 1. The van der Waals surface area contributed by atoms with E-state index in [4.69, 9.17) is 0 Å². The fourth-order valence-electron chi connectivity index (χ4n) is 0.504. The van der Waals surface area contributed by atoms with Gasteiger partial charge in [0.05, 0.1) is 0 Å². The van der Waals surface area contributed by atoms with Crippen molar-refractivity contribution in [2.75, 3.05) is 0 Å². The molecule has 0 saturated heterocycles. The van der Waals surface area contributed by atoms with Crippen molar-refractivity contribution in [2.45, 2.75) is 20.8 Å². The van der Waals surface area contributed by atoms with E-state index in [0.29, 0.717) is 5.82 Å². The lowest BCUT2D eigenvalue weighted by atomic mass is 10.6. The maximum absolute atomic E-state index is 3.82. The number of hydrogen-bond acceptors (Lipinski definition) is 4. The van der Waals surface area contributed by atoms with Crippen molar-refractivity contribution in [3.8, 4) is 0 Å². The van der Waals surface area contributed by atoms with E-state index in [1.807, 2.05) is 13.8 Å². The van der Waals surface area contributed by atoms with Gasteiger partial charge >= 0.3 is 0 Å². The molecule has 0 aromatic carbocycles. The molecule has 0 aliphatic heterocycles. The summed E-state index contributed by atoms with van der Waals surface area (Å²) in [5, 5.41) is 14.4. The Hall–Kier alpha value is -1.52. The van der Waals surface area contributed by atoms with Crippen molar-refractivity contribution < 1.29 is 0 Å². The molecular weight excluding hydrogens is 154 g/mol. The van der Waals surface area contributed by atoms with E-state index in [1.165, 1.54) is 10.9 Å². The first-order valence-corrected chi connectivity index (χ1v) is 3.78. The zero-order valence-electron chi connectivity index (χ0n) is 7.60. The first-order chi connectivity index (χ1) is 5.88. The molecule has 1 heterocycles. The van der Waals surface area contributed by atoms with E-state index in [0.717, 1.165) is 0 Å². The van der Waals surface area contributed by atoms with Crippen LogP contribution in [0.1, 0.15) is 26.6 Å². The molecule has 0 fully saturated rings. The van der Waals surface area contributed by atoms with E-state index in [9.17, 15) is 0 Å². The quantitative estimate of drug-likeness (QED) is 0.622. The Balaban J connectivity index is 0.000000561. The van der Waals surface area contributed by atoms with Gasteiger partial charge in [-0.05, 0) is 23.4 Å². The van der Waals surface area contributed by atoms with Gasteiger partial charge < -0.3 is 0 Å². The van der Waals surface area contributed by atoms with Crippen molar-refractivity contribution in [1.29, 1.82) is 0 Å². The number of rotatable bonds is 2. The summed E-state index contributed by atoms with van der Waals surface area (Å²) in [6.45, 7) is 9.30. The maximum atomic E-state index is 3.82. The topological polar surface area (TPSA) is 56.0 Å². The zero-order valence-corrected chi connectivity index (χ0v) is 7.60. The van der Waals surface area contributed by atoms with Crippen molar-refractivity contribution >= 4 is 12.3 Å². The Morgan fingerprint density at radius 1 is 1.50 bits per heavy atom. The SMILES string of the molecule is C=Cc1nnnn1/N=C\C.CC. The third-order valence-corrected chi connectivity index (χ3v) is 0.884. The fraction of sp³-hybridized carbons (Fsp3) is 0.429. The minimum absolute atomic E-state index is 0.540. The first-order valence-electron chi connectivity index (χ1n) is 3.78. The number of hydrogen-bond donors (Lipinski definition) is 0. The highest BCUT2D eigenvalue weighted by atomic mass is 15.7. The predicted molar refractivity (Wildman–Crippen MR) is 48.8 cm³/mol. The van der Waals surface area contributed by atoms with Gasteiger partial charge in [0, 0.05) is 6.21 Å². The molecular formula is C7H13N5. The Labute approximate surface area is 71.8 Å². The highest BCUT2D eigenvalue weighted by Crippen LogP contribution is 1.90. The van der Waals surface area contributed by atoms with Gasteiger partial charge in [-0.25, -0.2) is 0 Å². The predicted octanol–water partition coefficient (Wildman–Crippen LogP) is 1.20. The summed E-state index contributed by atoms with van der Waals surface area (Å²) < 4.78 is 0. The molecule has 0 N–H and O–H groups in total. The van der Waals surface area contributed by atoms with E-state index in [1.54, 1.807) is 13.1 Å². The summed E-state index contributed by atoms with van der Waals surface area (Å²) in [5.74, 6) is 0.540. The Kier molecular flexibility index (Phi) is 5.42. The van der Waals surface area contributed by atoms with Crippen molar-refractivity contribution in [1.82, 2.24) is 20.3 Å². The highest BCUT2D eigenvalue weighted by molar-refractivity contribution is 5.53. The molecule has 0 bridgehead atoms. The van der Waals surface area contributed by atoms with Gasteiger partial charge in [-0.15, -0.1) is 9.89 Å². The van der Waals surface area contributed by atoms with Crippen LogP contribution in [-0.4, -0.2) is 26.5 Å². The second-order valence-corrected chi connectivity index (χ2v) is 1.50. The lowest BCUT2D eigenvalue weighted by Crippen LogP contribution is -1.93. The lowest BCUT2D eigenvalue weighted by Gasteiger charge is -1.86. The number of aromatic nitrogens is 4. The standard InChI is InChI=1S/C5H7N5.C2H6/c1-3-5-7-8-9-10(5)6-4-2;1-2/h3-4H,1H2,2H3;1-2H3/b6-4-;. The van der Waals surface area contributed by atoms with Crippen LogP contribution in [0.5, 0.6) is 0 Å². The molecule has 12 heavy (non-hydrogen) atoms. The van der Waals surface area contributed by atoms with Crippen LogP contribution in [0.25, 0.3) is 6.08 Å². The van der Waals surface area contributed by atoms with Crippen LogP contribution in [0.15, 0.2) is 11.7 Å². The van der Waals surface area contributed by atoms with Crippen molar-refractivity contribution in [2.24, 2.45) is 5.10 Å². The summed E-state index contributed by atoms with van der Waals surface area (Å²) in [4.78, 5) is 1.30. The monoisotopic (exact) mass is 167 g/mol. The molecule has 0 saturated carbocycles. The Bertz CT molecular complexity index is 250. The van der Waals surface area contributed by atoms with Gasteiger partial charge in [0.2, 0.25) is 0 Å². The second kappa shape index (κ2) is 6.21. The molecule has 1 aromatic rings. The van der Waals surface area contributed by atoms with Crippen LogP contribution >= 0.6 is 0 Å². The van der Waals surface area contributed by atoms with Crippen LogP contribution in [0.3, 0.4) is 0 Å². The highest BCUT2D eigenvalue weighted by Gasteiger charge is 1.95. The smallest absolute Gasteiger partial charge is 0.160 e. The average molecular weight is 167 g/mol.